The molecule has 10 nitrogen and oxygen atoms in total. The van der Waals surface area contributed by atoms with Crippen LogP contribution in [0.2, 0.25) is 0 Å². The fourth-order valence-electron chi connectivity index (χ4n) is 6.39. The van der Waals surface area contributed by atoms with Gasteiger partial charge in [-0.2, -0.15) is 10.2 Å². The van der Waals surface area contributed by atoms with Gasteiger partial charge in [0.2, 0.25) is 11.8 Å². The van der Waals surface area contributed by atoms with Crippen molar-refractivity contribution in [3.63, 3.8) is 0 Å². The summed E-state index contributed by atoms with van der Waals surface area (Å²) >= 11 is 0. The highest BCUT2D eigenvalue weighted by atomic mass is 19.1. The van der Waals surface area contributed by atoms with E-state index >= 15 is 0 Å². The van der Waals surface area contributed by atoms with Crippen molar-refractivity contribution < 1.29 is 23.5 Å². The molecule has 0 unspecified atom stereocenters. The van der Waals surface area contributed by atoms with E-state index in [0.717, 1.165) is 28.1 Å². The van der Waals surface area contributed by atoms with Gasteiger partial charge in [-0.25, -0.2) is 9.18 Å². The van der Waals surface area contributed by atoms with Crippen LogP contribution in [0.5, 0.6) is 0 Å². The van der Waals surface area contributed by atoms with Crippen LogP contribution in [0, 0.1) is 5.82 Å². The summed E-state index contributed by atoms with van der Waals surface area (Å²) in [7, 11) is 0. The summed E-state index contributed by atoms with van der Waals surface area (Å²) in [6.45, 7) is 17.7. The van der Waals surface area contributed by atoms with Crippen LogP contribution in [0.15, 0.2) is 41.5 Å². The van der Waals surface area contributed by atoms with E-state index in [4.69, 9.17) is 4.74 Å². The highest BCUT2D eigenvalue weighted by molar-refractivity contribution is 5.97. The van der Waals surface area contributed by atoms with Crippen LogP contribution in [-0.2, 0) is 26.2 Å². The number of carbonyl (C=O) groups excluding carboxylic acids is 3. The minimum Gasteiger partial charge on any atom is -0.444 e. The third-order valence-corrected chi connectivity index (χ3v) is 8.94. The maximum Gasteiger partial charge on any atom is 0.410 e. The lowest BCUT2D eigenvalue weighted by Gasteiger charge is -2.46. The Balaban J connectivity index is 1.37. The van der Waals surface area contributed by atoms with Gasteiger partial charge in [-0.05, 0) is 70.9 Å². The second-order valence-electron chi connectivity index (χ2n) is 14.4. The van der Waals surface area contributed by atoms with Crippen LogP contribution in [-0.4, -0.2) is 99.8 Å². The molecule has 4 heterocycles. The molecule has 0 aliphatic carbocycles. The van der Waals surface area contributed by atoms with Gasteiger partial charge in [-0.1, -0.05) is 26.0 Å². The van der Waals surface area contributed by atoms with E-state index < -0.39 is 17.1 Å². The highest BCUT2D eigenvalue weighted by Gasteiger charge is 2.43. The van der Waals surface area contributed by atoms with Gasteiger partial charge in [0.15, 0.2) is 0 Å². The number of rotatable bonds is 6. The zero-order chi connectivity index (χ0) is 32.8. The van der Waals surface area contributed by atoms with Gasteiger partial charge >= 0.3 is 6.09 Å². The van der Waals surface area contributed by atoms with Crippen molar-refractivity contribution in [3.05, 3.63) is 64.2 Å². The molecule has 5 rings (SSSR count). The fourth-order valence-corrected chi connectivity index (χ4v) is 6.39. The van der Waals surface area contributed by atoms with Crippen molar-refractivity contribution >= 4 is 23.6 Å². The summed E-state index contributed by atoms with van der Waals surface area (Å²) in [6, 6.07) is 7.74. The predicted molar refractivity (Wildman–Crippen MR) is 169 cm³/mol. The number of benzene rings is 1. The van der Waals surface area contributed by atoms with Crippen LogP contribution >= 0.6 is 0 Å². The molecule has 2 atom stereocenters. The Hall–Kier alpha value is -3.86. The second kappa shape index (κ2) is 12.2. The molecule has 0 saturated carbocycles. The monoisotopic (exact) mass is 620 g/mol. The van der Waals surface area contributed by atoms with Crippen molar-refractivity contribution in [2.24, 2.45) is 0 Å². The highest BCUT2D eigenvalue weighted by Crippen LogP contribution is 2.39. The minimum absolute atomic E-state index is 0.0105. The van der Waals surface area contributed by atoms with Crippen LogP contribution < -0.4 is 4.90 Å². The third-order valence-electron chi connectivity index (χ3n) is 8.94. The van der Waals surface area contributed by atoms with E-state index in [1.807, 2.05) is 52.5 Å². The average molecular weight is 621 g/mol. The molecule has 0 spiro atoms. The first-order valence-corrected chi connectivity index (χ1v) is 15.6. The van der Waals surface area contributed by atoms with Crippen molar-refractivity contribution in [3.8, 4) is 0 Å². The quantitative estimate of drug-likeness (QED) is 0.475. The molecule has 2 aromatic rings. The molecule has 1 saturated heterocycles. The molecule has 0 N–H and O–H groups in total. The lowest BCUT2D eigenvalue weighted by Crippen LogP contribution is -2.63. The Morgan fingerprint density at radius 2 is 1.78 bits per heavy atom. The molecule has 242 valence electrons. The molecule has 45 heavy (non-hydrogen) atoms. The molecule has 3 amide bonds. The zero-order valence-corrected chi connectivity index (χ0v) is 27.7. The molecular weight excluding hydrogens is 575 g/mol. The number of piperazine rings is 1. The summed E-state index contributed by atoms with van der Waals surface area (Å²) in [5.74, 6) is -0.389. The van der Waals surface area contributed by atoms with Crippen LogP contribution in [0.1, 0.15) is 72.3 Å². The van der Waals surface area contributed by atoms with Crippen molar-refractivity contribution in [2.45, 2.75) is 84.9 Å². The summed E-state index contributed by atoms with van der Waals surface area (Å²) < 4.78 is 19.2. The number of amides is 3. The fraction of sp³-hybridized carbons (Fsp3) is 0.559. The van der Waals surface area contributed by atoms with Gasteiger partial charge in [0.1, 0.15) is 11.4 Å². The first-order valence-electron chi connectivity index (χ1n) is 15.6. The second-order valence-corrected chi connectivity index (χ2v) is 14.4. The van der Waals surface area contributed by atoms with Gasteiger partial charge in [-0.3, -0.25) is 14.5 Å². The molecule has 3 aliphatic heterocycles. The molecule has 0 bridgehead atoms. The summed E-state index contributed by atoms with van der Waals surface area (Å²) in [4.78, 5) is 47.8. The molecule has 11 heteroatoms. The van der Waals surface area contributed by atoms with Crippen molar-refractivity contribution in [1.82, 2.24) is 24.9 Å². The largest absolute Gasteiger partial charge is 0.444 e. The third kappa shape index (κ3) is 7.03. The van der Waals surface area contributed by atoms with Crippen LogP contribution in [0.25, 0.3) is 0 Å². The Morgan fingerprint density at radius 1 is 1.09 bits per heavy atom. The van der Waals surface area contributed by atoms with Gasteiger partial charge in [0, 0.05) is 62.2 Å². The van der Waals surface area contributed by atoms with Crippen molar-refractivity contribution in [2.75, 3.05) is 44.2 Å². The number of nitrogens with zero attached hydrogens (tertiary/aromatic N) is 6. The van der Waals surface area contributed by atoms with E-state index in [-0.39, 0.29) is 36.3 Å². The van der Waals surface area contributed by atoms with E-state index in [1.54, 1.807) is 21.9 Å². The standard InChI is InChI=1S/C34H45FN6O4/c1-21-15-39(31(43)23(21)3)17-27-18-40(32(44)45-33(4,5)6)22(2)16-38(27)19-29(42)41-20-34(7,8)30-28(41)14-26(36-37-30)13-24-9-11-25(35)12-10-24/h9-12,14,22,27H,13,15-20H2,1-8H3/t22-,27+/m1/s1. The normalized spacial score (nSPS) is 21.9. The topological polar surface area (TPSA) is 99.2 Å². The molecule has 1 aromatic heterocycles. The Labute approximate surface area is 265 Å². The average Bonchev–Trinajstić information content (AvgIpc) is 3.36. The molecule has 3 aliphatic rings. The molecule has 1 fully saturated rings. The van der Waals surface area contributed by atoms with E-state index in [0.29, 0.717) is 44.8 Å². The van der Waals surface area contributed by atoms with E-state index in [1.165, 1.54) is 12.1 Å². The first-order chi connectivity index (χ1) is 21.0. The van der Waals surface area contributed by atoms with Crippen LogP contribution in [0.4, 0.5) is 14.9 Å². The first kappa shape index (κ1) is 32.5. The van der Waals surface area contributed by atoms with Gasteiger partial charge in [0.05, 0.1) is 23.6 Å². The Kier molecular flexibility index (Phi) is 8.78. The summed E-state index contributed by atoms with van der Waals surface area (Å²) in [6.07, 6.45) is 0.0677. The lowest BCUT2D eigenvalue weighted by atomic mass is 9.91. The minimum atomic E-state index is -0.642. The predicted octanol–water partition coefficient (Wildman–Crippen LogP) is 4.32. The number of hydrogen-bond acceptors (Lipinski definition) is 7. The van der Waals surface area contributed by atoms with E-state index in [2.05, 4.69) is 28.9 Å². The number of halogens is 1. The number of fused-ring (bicyclic) bond motifs is 1. The number of carbonyl (C=O) groups is 3. The zero-order valence-electron chi connectivity index (χ0n) is 27.7. The number of hydrogen-bond donors (Lipinski definition) is 0. The Bertz CT molecular complexity index is 1520. The molecular formula is C34H45FN6O4. The smallest absolute Gasteiger partial charge is 0.410 e. The number of ether oxygens (including phenoxy) is 1. The maximum absolute atomic E-state index is 14.1. The Morgan fingerprint density at radius 3 is 2.40 bits per heavy atom. The van der Waals surface area contributed by atoms with E-state index in [9.17, 15) is 18.8 Å². The summed E-state index contributed by atoms with van der Waals surface area (Å²) in [5.41, 5.74) is 3.84. The summed E-state index contributed by atoms with van der Waals surface area (Å²) in [5, 5.41) is 8.98. The van der Waals surface area contributed by atoms with Gasteiger partial charge < -0.3 is 19.4 Å². The molecule has 0 radical (unpaired) electrons. The molecule has 1 aromatic carbocycles. The maximum atomic E-state index is 14.1. The van der Waals surface area contributed by atoms with Crippen molar-refractivity contribution in [1.29, 1.82) is 0 Å². The van der Waals surface area contributed by atoms with Gasteiger partial charge in [-0.15, -0.1) is 0 Å². The number of aromatic nitrogens is 2. The van der Waals surface area contributed by atoms with Crippen LogP contribution in [0.3, 0.4) is 0 Å². The SMILES string of the molecule is CC1=C(C)C(=O)N(C[C@H]2CN(C(=O)OC(C)(C)C)[C@H](C)CN2CC(=O)N2CC(C)(C)c3nnc(Cc4ccc(F)cc4)cc32)C1. The lowest BCUT2D eigenvalue weighted by molar-refractivity contribution is -0.127. The van der Waals surface area contributed by atoms with Gasteiger partial charge in [0.25, 0.3) is 0 Å². The number of anilines is 1.